The van der Waals surface area contributed by atoms with Gasteiger partial charge in [0.1, 0.15) is 5.82 Å². The van der Waals surface area contributed by atoms with Crippen molar-refractivity contribution in [2.24, 2.45) is 0 Å². The smallest absolute Gasteiger partial charge is 0.137 e. The molecule has 0 bridgehead atoms. The molecule has 0 amide bonds. The molecule has 0 aliphatic carbocycles. The van der Waals surface area contributed by atoms with Crippen LogP contribution in [0.15, 0.2) is 22.7 Å². The van der Waals surface area contributed by atoms with Crippen LogP contribution in [0.4, 0.5) is 4.39 Å². The van der Waals surface area contributed by atoms with Crippen LogP contribution < -0.4 is 5.32 Å². The molecule has 0 aliphatic heterocycles. The van der Waals surface area contributed by atoms with Gasteiger partial charge in [-0.2, -0.15) is 0 Å². The Labute approximate surface area is 106 Å². The molecule has 0 fully saturated rings. The van der Waals surface area contributed by atoms with E-state index in [4.69, 9.17) is 0 Å². The SMILES string of the molecule is CCCCCNC(C)c1ccc(F)c(Br)c1. The third kappa shape index (κ3) is 4.22. The summed E-state index contributed by atoms with van der Waals surface area (Å²) in [5.74, 6) is -0.207. The standard InChI is InChI=1S/C13H19BrFN/c1-3-4-5-8-16-10(2)11-6-7-13(15)12(14)9-11/h6-7,9-10,16H,3-5,8H2,1-2H3. The number of rotatable bonds is 6. The van der Waals surface area contributed by atoms with Gasteiger partial charge in [0.25, 0.3) is 0 Å². The van der Waals surface area contributed by atoms with Crippen molar-refractivity contribution in [1.29, 1.82) is 0 Å². The van der Waals surface area contributed by atoms with Gasteiger partial charge >= 0.3 is 0 Å². The molecule has 1 atom stereocenters. The van der Waals surface area contributed by atoms with Gasteiger partial charge in [0.05, 0.1) is 4.47 Å². The number of hydrogen-bond donors (Lipinski definition) is 1. The molecule has 1 unspecified atom stereocenters. The molecule has 1 nitrogen and oxygen atoms in total. The van der Waals surface area contributed by atoms with Crippen molar-refractivity contribution in [2.45, 2.75) is 39.2 Å². The second-order valence-corrected chi connectivity index (χ2v) is 4.91. The van der Waals surface area contributed by atoms with E-state index in [0.717, 1.165) is 12.1 Å². The molecule has 1 aromatic rings. The Morgan fingerprint density at radius 1 is 1.38 bits per heavy atom. The van der Waals surface area contributed by atoms with Crippen molar-refractivity contribution in [2.75, 3.05) is 6.54 Å². The minimum absolute atomic E-state index is 0.207. The number of nitrogens with one attached hydrogen (secondary N) is 1. The second-order valence-electron chi connectivity index (χ2n) is 4.06. The topological polar surface area (TPSA) is 12.0 Å². The van der Waals surface area contributed by atoms with E-state index < -0.39 is 0 Å². The van der Waals surface area contributed by atoms with Crippen molar-refractivity contribution >= 4 is 15.9 Å². The molecule has 1 N–H and O–H groups in total. The highest BCUT2D eigenvalue weighted by atomic mass is 79.9. The lowest BCUT2D eigenvalue weighted by molar-refractivity contribution is 0.542. The first-order valence-electron chi connectivity index (χ1n) is 5.83. The predicted octanol–water partition coefficient (Wildman–Crippen LogP) is 4.43. The van der Waals surface area contributed by atoms with E-state index in [1.807, 2.05) is 12.1 Å². The molecule has 0 saturated heterocycles. The monoisotopic (exact) mass is 287 g/mol. The van der Waals surface area contributed by atoms with Crippen molar-refractivity contribution in [3.63, 3.8) is 0 Å². The molecule has 3 heteroatoms. The zero-order valence-electron chi connectivity index (χ0n) is 9.89. The fourth-order valence-corrected chi connectivity index (χ4v) is 1.99. The Kier molecular flexibility index (Phi) is 5.99. The minimum atomic E-state index is -0.207. The summed E-state index contributed by atoms with van der Waals surface area (Å²) in [6, 6.07) is 5.45. The first-order chi connectivity index (χ1) is 7.65. The summed E-state index contributed by atoms with van der Waals surface area (Å²) in [5, 5.41) is 3.44. The summed E-state index contributed by atoms with van der Waals surface area (Å²) >= 11 is 3.20. The number of benzene rings is 1. The van der Waals surface area contributed by atoms with E-state index in [2.05, 4.69) is 35.1 Å². The zero-order chi connectivity index (χ0) is 12.0. The Morgan fingerprint density at radius 3 is 2.75 bits per heavy atom. The van der Waals surface area contributed by atoms with Gasteiger partial charge in [0, 0.05) is 6.04 Å². The maximum atomic E-state index is 13.0. The van der Waals surface area contributed by atoms with E-state index in [1.165, 1.54) is 25.3 Å². The summed E-state index contributed by atoms with van der Waals surface area (Å²) in [6.45, 7) is 5.32. The van der Waals surface area contributed by atoms with Crippen LogP contribution in [0, 0.1) is 5.82 Å². The molecular weight excluding hydrogens is 269 g/mol. The third-order valence-electron chi connectivity index (χ3n) is 2.67. The van der Waals surface area contributed by atoms with Crippen LogP contribution in [0.1, 0.15) is 44.7 Å². The quantitative estimate of drug-likeness (QED) is 0.764. The molecule has 0 saturated carbocycles. The number of halogens is 2. The fraction of sp³-hybridized carbons (Fsp3) is 0.538. The van der Waals surface area contributed by atoms with Crippen LogP contribution in [0.3, 0.4) is 0 Å². The molecule has 0 radical (unpaired) electrons. The Hall–Kier alpha value is -0.410. The third-order valence-corrected chi connectivity index (χ3v) is 3.28. The lowest BCUT2D eigenvalue weighted by Gasteiger charge is -2.14. The van der Waals surface area contributed by atoms with E-state index in [9.17, 15) is 4.39 Å². The van der Waals surface area contributed by atoms with E-state index in [-0.39, 0.29) is 11.9 Å². The van der Waals surface area contributed by atoms with Crippen LogP contribution in [0.25, 0.3) is 0 Å². The Morgan fingerprint density at radius 2 is 2.12 bits per heavy atom. The van der Waals surface area contributed by atoms with Crippen molar-refractivity contribution in [3.05, 3.63) is 34.1 Å². The van der Waals surface area contributed by atoms with E-state index in [1.54, 1.807) is 0 Å². The largest absolute Gasteiger partial charge is 0.310 e. The van der Waals surface area contributed by atoms with Gasteiger partial charge in [0.15, 0.2) is 0 Å². The average molecular weight is 288 g/mol. The van der Waals surface area contributed by atoms with Gasteiger partial charge in [-0.15, -0.1) is 0 Å². The van der Waals surface area contributed by atoms with Crippen molar-refractivity contribution in [1.82, 2.24) is 5.32 Å². The van der Waals surface area contributed by atoms with Gasteiger partial charge < -0.3 is 5.32 Å². The lowest BCUT2D eigenvalue weighted by Crippen LogP contribution is -2.19. The molecule has 0 aromatic heterocycles. The van der Waals surface area contributed by atoms with Gasteiger partial charge in [-0.3, -0.25) is 0 Å². The number of hydrogen-bond acceptors (Lipinski definition) is 1. The molecule has 90 valence electrons. The van der Waals surface area contributed by atoms with Gasteiger partial charge in [-0.1, -0.05) is 25.8 Å². The molecule has 0 aliphatic rings. The summed E-state index contributed by atoms with van der Waals surface area (Å²) in [7, 11) is 0. The van der Waals surface area contributed by atoms with Crippen LogP contribution in [0.2, 0.25) is 0 Å². The highest BCUT2D eigenvalue weighted by molar-refractivity contribution is 9.10. The van der Waals surface area contributed by atoms with Crippen molar-refractivity contribution in [3.8, 4) is 0 Å². The van der Waals surface area contributed by atoms with E-state index >= 15 is 0 Å². The van der Waals surface area contributed by atoms with Crippen LogP contribution >= 0.6 is 15.9 Å². The molecule has 1 aromatic carbocycles. The van der Waals surface area contributed by atoms with Crippen LogP contribution in [-0.4, -0.2) is 6.54 Å². The van der Waals surface area contributed by atoms with Gasteiger partial charge in [0.2, 0.25) is 0 Å². The van der Waals surface area contributed by atoms with Crippen LogP contribution in [-0.2, 0) is 0 Å². The molecule has 1 rings (SSSR count). The normalized spacial score (nSPS) is 12.8. The van der Waals surface area contributed by atoms with Crippen molar-refractivity contribution < 1.29 is 4.39 Å². The first kappa shape index (κ1) is 13.7. The summed E-state index contributed by atoms with van der Waals surface area (Å²) in [4.78, 5) is 0. The summed E-state index contributed by atoms with van der Waals surface area (Å²) < 4.78 is 13.6. The second kappa shape index (κ2) is 7.02. The molecule has 0 heterocycles. The first-order valence-corrected chi connectivity index (χ1v) is 6.62. The Balaban J connectivity index is 2.46. The summed E-state index contributed by atoms with van der Waals surface area (Å²) in [6.07, 6.45) is 3.69. The maximum absolute atomic E-state index is 13.0. The predicted molar refractivity (Wildman–Crippen MR) is 70.0 cm³/mol. The molecule has 16 heavy (non-hydrogen) atoms. The molecular formula is C13H19BrFN. The minimum Gasteiger partial charge on any atom is -0.310 e. The lowest BCUT2D eigenvalue weighted by atomic mass is 10.1. The Bertz CT molecular complexity index is 328. The highest BCUT2D eigenvalue weighted by Gasteiger charge is 2.06. The number of unbranched alkanes of at least 4 members (excludes halogenated alkanes) is 2. The van der Waals surface area contributed by atoms with E-state index in [0.29, 0.717) is 4.47 Å². The van der Waals surface area contributed by atoms with Gasteiger partial charge in [-0.25, -0.2) is 4.39 Å². The zero-order valence-corrected chi connectivity index (χ0v) is 11.5. The molecule has 0 spiro atoms. The fourth-order valence-electron chi connectivity index (χ4n) is 1.59. The summed E-state index contributed by atoms with van der Waals surface area (Å²) in [5.41, 5.74) is 1.12. The highest BCUT2D eigenvalue weighted by Crippen LogP contribution is 2.21. The maximum Gasteiger partial charge on any atom is 0.137 e. The average Bonchev–Trinajstić information content (AvgIpc) is 2.28. The van der Waals surface area contributed by atoms with Gasteiger partial charge in [-0.05, 0) is 53.5 Å². The van der Waals surface area contributed by atoms with Crippen LogP contribution in [0.5, 0.6) is 0 Å².